The monoisotopic (exact) mass is 207 g/mol. The minimum atomic E-state index is 0.401. The third-order valence-corrected chi connectivity index (χ3v) is 2.56. The van der Waals surface area contributed by atoms with E-state index in [1.165, 1.54) is 11.3 Å². The molecule has 0 fully saturated rings. The summed E-state index contributed by atoms with van der Waals surface area (Å²) < 4.78 is 5.36. The van der Waals surface area contributed by atoms with Crippen LogP contribution in [0.25, 0.3) is 0 Å². The summed E-state index contributed by atoms with van der Waals surface area (Å²) in [6.45, 7) is 10.7. The van der Waals surface area contributed by atoms with Crippen LogP contribution in [0.3, 0.4) is 0 Å². The molecule has 84 valence electrons. The van der Waals surface area contributed by atoms with E-state index in [1.54, 1.807) is 7.11 Å². The number of ether oxygens (including phenoxy) is 1. The van der Waals surface area contributed by atoms with Crippen molar-refractivity contribution in [2.75, 3.05) is 7.11 Å². The molecule has 0 unspecified atom stereocenters. The van der Waals surface area contributed by atoms with Crippen LogP contribution in [0.15, 0.2) is 6.07 Å². The Morgan fingerprint density at radius 2 is 1.60 bits per heavy atom. The van der Waals surface area contributed by atoms with Gasteiger partial charge in [0.05, 0.1) is 12.8 Å². The average Bonchev–Trinajstić information content (AvgIpc) is 2.16. The second-order valence-electron chi connectivity index (χ2n) is 4.59. The second kappa shape index (κ2) is 4.65. The maximum atomic E-state index is 5.36. The summed E-state index contributed by atoms with van der Waals surface area (Å²) in [5.74, 6) is 1.78. The summed E-state index contributed by atoms with van der Waals surface area (Å²) in [7, 11) is 1.71. The van der Waals surface area contributed by atoms with Crippen LogP contribution in [0.2, 0.25) is 0 Å². The normalized spacial score (nSPS) is 11.2. The van der Waals surface area contributed by atoms with Crippen LogP contribution in [0.5, 0.6) is 5.75 Å². The average molecular weight is 207 g/mol. The van der Waals surface area contributed by atoms with E-state index >= 15 is 0 Å². The largest absolute Gasteiger partial charge is 0.495 e. The third-order valence-electron chi connectivity index (χ3n) is 2.56. The van der Waals surface area contributed by atoms with E-state index in [-0.39, 0.29) is 0 Å². The van der Waals surface area contributed by atoms with Crippen molar-refractivity contribution in [1.29, 1.82) is 0 Å². The van der Waals surface area contributed by atoms with Crippen molar-refractivity contribution in [2.24, 2.45) is 0 Å². The van der Waals surface area contributed by atoms with Crippen LogP contribution >= 0.6 is 0 Å². The Balaban J connectivity index is 3.30. The molecule has 0 aliphatic carbocycles. The molecule has 0 aliphatic rings. The molecule has 2 nitrogen and oxygen atoms in total. The smallest absolute Gasteiger partial charge is 0.140 e. The summed E-state index contributed by atoms with van der Waals surface area (Å²) in [4.78, 5) is 4.72. The predicted octanol–water partition coefficient (Wildman–Crippen LogP) is 3.65. The number of hydrogen-bond donors (Lipinski definition) is 0. The SMILES string of the molecule is COc1cc(C)c(C(C)C)nc1C(C)C. The lowest BCUT2D eigenvalue weighted by Crippen LogP contribution is -2.05. The van der Waals surface area contributed by atoms with Crippen molar-refractivity contribution in [1.82, 2.24) is 4.98 Å². The van der Waals surface area contributed by atoms with Crippen LogP contribution in [0.4, 0.5) is 0 Å². The van der Waals surface area contributed by atoms with E-state index in [9.17, 15) is 0 Å². The molecule has 0 atom stereocenters. The van der Waals surface area contributed by atoms with Crippen LogP contribution < -0.4 is 4.74 Å². The molecule has 1 rings (SSSR count). The lowest BCUT2D eigenvalue weighted by atomic mass is 10.0. The first kappa shape index (κ1) is 12.0. The topological polar surface area (TPSA) is 22.1 Å². The van der Waals surface area contributed by atoms with Gasteiger partial charge < -0.3 is 4.74 Å². The molecule has 0 saturated heterocycles. The van der Waals surface area contributed by atoms with Crippen molar-refractivity contribution in [2.45, 2.75) is 46.5 Å². The molecule has 0 radical (unpaired) electrons. The van der Waals surface area contributed by atoms with Crippen molar-refractivity contribution in [3.8, 4) is 5.75 Å². The highest BCUT2D eigenvalue weighted by Gasteiger charge is 2.14. The van der Waals surface area contributed by atoms with E-state index in [0.717, 1.165) is 11.4 Å². The summed E-state index contributed by atoms with van der Waals surface area (Å²) in [6, 6.07) is 2.09. The maximum absolute atomic E-state index is 5.36. The summed E-state index contributed by atoms with van der Waals surface area (Å²) in [6.07, 6.45) is 0. The fourth-order valence-corrected chi connectivity index (χ4v) is 1.78. The molecule has 0 bridgehead atoms. The van der Waals surface area contributed by atoms with E-state index in [1.807, 2.05) is 0 Å². The van der Waals surface area contributed by atoms with E-state index in [2.05, 4.69) is 40.7 Å². The lowest BCUT2D eigenvalue weighted by Gasteiger charge is -2.16. The zero-order valence-electron chi connectivity index (χ0n) is 10.6. The molecule has 1 aromatic heterocycles. The van der Waals surface area contributed by atoms with Crippen molar-refractivity contribution >= 4 is 0 Å². The number of hydrogen-bond acceptors (Lipinski definition) is 2. The van der Waals surface area contributed by atoms with Crippen LogP contribution in [-0.2, 0) is 0 Å². The van der Waals surface area contributed by atoms with Crippen molar-refractivity contribution < 1.29 is 4.74 Å². The summed E-state index contributed by atoms with van der Waals surface area (Å²) >= 11 is 0. The van der Waals surface area contributed by atoms with E-state index in [4.69, 9.17) is 9.72 Å². The highest BCUT2D eigenvalue weighted by Crippen LogP contribution is 2.29. The highest BCUT2D eigenvalue weighted by atomic mass is 16.5. The molecular weight excluding hydrogens is 186 g/mol. The quantitative estimate of drug-likeness (QED) is 0.754. The van der Waals surface area contributed by atoms with Gasteiger partial charge in [0.1, 0.15) is 5.75 Å². The zero-order chi connectivity index (χ0) is 11.6. The number of nitrogens with zero attached hydrogens (tertiary/aromatic N) is 1. The van der Waals surface area contributed by atoms with Gasteiger partial charge in [-0.25, -0.2) is 0 Å². The van der Waals surface area contributed by atoms with Gasteiger partial charge in [-0.15, -0.1) is 0 Å². The Bertz CT molecular complexity index is 343. The first-order chi connectivity index (χ1) is 6.97. The lowest BCUT2D eigenvalue weighted by molar-refractivity contribution is 0.403. The number of pyridine rings is 1. The Morgan fingerprint density at radius 3 is 2.00 bits per heavy atom. The Kier molecular flexibility index (Phi) is 3.72. The predicted molar refractivity (Wildman–Crippen MR) is 63.7 cm³/mol. The molecule has 0 aliphatic heterocycles. The second-order valence-corrected chi connectivity index (χ2v) is 4.59. The van der Waals surface area contributed by atoms with Gasteiger partial charge in [0, 0.05) is 5.69 Å². The van der Waals surface area contributed by atoms with Gasteiger partial charge >= 0.3 is 0 Å². The zero-order valence-corrected chi connectivity index (χ0v) is 10.6. The third kappa shape index (κ3) is 2.49. The molecule has 0 saturated carbocycles. The van der Waals surface area contributed by atoms with Crippen LogP contribution in [-0.4, -0.2) is 12.1 Å². The molecule has 0 N–H and O–H groups in total. The first-order valence-electron chi connectivity index (χ1n) is 5.52. The number of aromatic nitrogens is 1. The summed E-state index contributed by atoms with van der Waals surface area (Å²) in [5.41, 5.74) is 3.46. The molecule has 0 spiro atoms. The Hall–Kier alpha value is -1.05. The van der Waals surface area contributed by atoms with Gasteiger partial charge in [-0.05, 0) is 30.4 Å². The van der Waals surface area contributed by atoms with Crippen molar-refractivity contribution in [3.63, 3.8) is 0 Å². The molecule has 0 aromatic carbocycles. The van der Waals surface area contributed by atoms with Gasteiger partial charge in [0.2, 0.25) is 0 Å². The minimum Gasteiger partial charge on any atom is -0.495 e. The first-order valence-corrected chi connectivity index (χ1v) is 5.52. The molecule has 1 aromatic rings. The van der Waals surface area contributed by atoms with Gasteiger partial charge in [-0.2, -0.15) is 0 Å². The fourth-order valence-electron chi connectivity index (χ4n) is 1.78. The molecular formula is C13H21NO. The van der Waals surface area contributed by atoms with Crippen LogP contribution in [0.1, 0.15) is 56.5 Å². The van der Waals surface area contributed by atoms with Gasteiger partial charge in [-0.1, -0.05) is 27.7 Å². The molecule has 0 amide bonds. The van der Waals surface area contributed by atoms with E-state index in [0.29, 0.717) is 11.8 Å². The number of methoxy groups -OCH3 is 1. The van der Waals surface area contributed by atoms with Crippen LogP contribution in [0, 0.1) is 6.92 Å². The van der Waals surface area contributed by atoms with Gasteiger partial charge in [0.15, 0.2) is 0 Å². The standard InChI is InChI=1S/C13H21NO/c1-8(2)12-10(5)7-11(15-6)13(14-12)9(3)4/h7-9H,1-6H3. The number of rotatable bonds is 3. The van der Waals surface area contributed by atoms with Crippen molar-refractivity contribution in [3.05, 3.63) is 23.0 Å². The van der Waals surface area contributed by atoms with Gasteiger partial charge in [-0.3, -0.25) is 4.98 Å². The molecule has 2 heteroatoms. The molecule has 15 heavy (non-hydrogen) atoms. The Labute approximate surface area is 92.7 Å². The Morgan fingerprint density at radius 1 is 1.07 bits per heavy atom. The highest BCUT2D eigenvalue weighted by molar-refractivity contribution is 5.37. The fraction of sp³-hybridized carbons (Fsp3) is 0.615. The van der Waals surface area contributed by atoms with Gasteiger partial charge in [0.25, 0.3) is 0 Å². The summed E-state index contributed by atoms with van der Waals surface area (Å²) in [5, 5.41) is 0. The molecule has 1 heterocycles. The van der Waals surface area contributed by atoms with E-state index < -0.39 is 0 Å². The minimum absolute atomic E-state index is 0.401. The number of aryl methyl sites for hydroxylation is 1. The maximum Gasteiger partial charge on any atom is 0.140 e.